The van der Waals surface area contributed by atoms with E-state index in [1.54, 1.807) is 19.1 Å². The number of nitrogens with one attached hydrogen (secondary N) is 1. The van der Waals surface area contributed by atoms with Crippen LogP contribution in [-0.2, 0) is 4.79 Å². The third-order valence-corrected chi connectivity index (χ3v) is 2.59. The van der Waals surface area contributed by atoms with E-state index >= 15 is 0 Å². The van der Waals surface area contributed by atoms with Crippen LogP contribution in [0.5, 0.6) is 0 Å². The molecule has 88 valence electrons. The Hall–Kier alpha value is -0.800. The van der Waals surface area contributed by atoms with E-state index in [2.05, 4.69) is 10.3 Å². The highest BCUT2D eigenvalue weighted by molar-refractivity contribution is 6.29. The van der Waals surface area contributed by atoms with Gasteiger partial charge in [-0.15, -0.1) is 11.6 Å². The lowest BCUT2D eigenvalue weighted by Crippen LogP contribution is -2.12. The molecular formula is C11H14Cl2N2O. The van der Waals surface area contributed by atoms with E-state index in [9.17, 15) is 4.79 Å². The molecule has 1 aromatic heterocycles. The van der Waals surface area contributed by atoms with Gasteiger partial charge in [0.1, 0.15) is 5.15 Å². The topological polar surface area (TPSA) is 42.0 Å². The molecule has 1 heterocycles. The zero-order valence-electron chi connectivity index (χ0n) is 9.09. The molecule has 16 heavy (non-hydrogen) atoms. The van der Waals surface area contributed by atoms with Crippen LogP contribution in [0, 0.1) is 6.92 Å². The van der Waals surface area contributed by atoms with Crippen LogP contribution in [0.25, 0.3) is 0 Å². The van der Waals surface area contributed by atoms with Crippen LogP contribution in [0.1, 0.15) is 25.0 Å². The number of halogens is 2. The summed E-state index contributed by atoms with van der Waals surface area (Å²) >= 11 is 11.2. The Kier molecular flexibility index (Phi) is 5.56. The summed E-state index contributed by atoms with van der Waals surface area (Å²) in [6, 6.07) is 3.41. The maximum absolute atomic E-state index is 11.5. The number of hydrogen-bond donors (Lipinski definition) is 1. The summed E-state index contributed by atoms with van der Waals surface area (Å²) in [6.07, 6.45) is 2.14. The number of anilines is 1. The first kappa shape index (κ1) is 13.3. The number of amides is 1. The Morgan fingerprint density at radius 2 is 2.19 bits per heavy atom. The highest BCUT2D eigenvalue weighted by atomic mass is 35.5. The van der Waals surface area contributed by atoms with Gasteiger partial charge in [-0.05, 0) is 31.9 Å². The molecule has 0 saturated carbocycles. The van der Waals surface area contributed by atoms with Gasteiger partial charge in [0.15, 0.2) is 0 Å². The van der Waals surface area contributed by atoms with Gasteiger partial charge in [0.25, 0.3) is 0 Å². The predicted molar refractivity (Wildman–Crippen MR) is 67.2 cm³/mol. The average molecular weight is 261 g/mol. The van der Waals surface area contributed by atoms with Gasteiger partial charge in [0.05, 0.1) is 11.4 Å². The molecule has 3 nitrogen and oxygen atoms in total. The maximum atomic E-state index is 11.5. The molecule has 5 heteroatoms. The van der Waals surface area contributed by atoms with E-state index < -0.39 is 0 Å². The molecule has 0 unspecified atom stereocenters. The molecule has 1 N–H and O–H groups in total. The zero-order chi connectivity index (χ0) is 12.0. The number of carbonyl (C=O) groups is 1. The van der Waals surface area contributed by atoms with Gasteiger partial charge in [-0.3, -0.25) is 4.79 Å². The lowest BCUT2D eigenvalue weighted by Gasteiger charge is -2.07. The van der Waals surface area contributed by atoms with Crippen molar-refractivity contribution in [2.24, 2.45) is 0 Å². The van der Waals surface area contributed by atoms with Crippen LogP contribution in [-0.4, -0.2) is 16.8 Å². The van der Waals surface area contributed by atoms with Crippen molar-refractivity contribution in [1.29, 1.82) is 0 Å². The number of carbonyl (C=O) groups excluding carboxylic acids is 1. The van der Waals surface area contributed by atoms with Crippen LogP contribution in [0.2, 0.25) is 5.15 Å². The minimum atomic E-state index is -0.0164. The van der Waals surface area contributed by atoms with Crippen LogP contribution in [0.4, 0.5) is 5.69 Å². The average Bonchev–Trinajstić information content (AvgIpc) is 2.23. The molecule has 0 saturated heterocycles. The minimum Gasteiger partial charge on any atom is -0.325 e. The van der Waals surface area contributed by atoms with Crippen molar-refractivity contribution >= 4 is 34.8 Å². The van der Waals surface area contributed by atoms with Gasteiger partial charge in [-0.1, -0.05) is 11.6 Å². The van der Waals surface area contributed by atoms with Crippen molar-refractivity contribution in [2.45, 2.75) is 26.2 Å². The molecular weight excluding hydrogens is 247 g/mol. The monoisotopic (exact) mass is 260 g/mol. The summed E-state index contributed by atoms with van der Waals surface area (Å²) in [4.78, 5) is 15.6. The summed E-state index contributed by atoms with van der Waals surface area (Å²) < 4.78 is 0. The third kappa shape index (κ3) is 4.37. The van der Waals surface area contributed by atoms with E-state index in [-0.39, 0.29) is 5.91 Å². The van der Waals surface area contributed by atoms with Crippen LogP contribution in [0.3, 0.4) is 0 Å². The molecule has 0 spiro atoms. The van der Waals surface area contributed by atoms with E-state index in [4.69, 9.17) is 23.2 Å². The summed E-state index contributed by atoms with van der Waals surface area (Å²) in [6.45, 7) is 1.81. The third-order valence-electron chi connectivity index (χ3n) is 2.11. The van der Waals surface area contributed by atoms with Crippen LogP contribution < -0.4 is 5.32 Å². The first-order chi connectivity index (χ1) is 7.63. The number of unbranched alkanes of at least 4 members (excludes halogenated alkanes) is 1. The van der Waals surface area contributed by atoms with E-state index in [0.29, 0.717) is 23.1 Å². The van der Waals surface area contributed by atoms with Crippen molar-refractivity contribution in [3.8, 4) is 0 Å². The maximum Gasteiger partial charge on any atom is 0.224 e. The fourth-order valence-corrected chi connectivity index (χ4v) is 1.63. The molecule has 0 radical (unpaired) electrons. The summed E-state index contributed by atoms with van der Waals surface area (Å²) in [7, 11) is 0. The Balaban J connectivity index is 2.49. The zero-order valence-corrected chi connectivity index (χ0v) is 10.6. The smallest absolute Gasteiger partial charge is 0.224 e. The number of pyridine rings is 1. The number of nitrogens with zero attached hydrogens (tertiary/aromatic N) is 1. The van der Waals surface area contributed by atoms with Gasteiger partial charge in [-0.2, -0.15) is 0 Å². The Bertz CT molecular complexity index is 369. The lowest BCUT2D eigenvalue weighted by atomic mass is 10.2. The molecule has 0 aliphatic carbocycles. The second kappa shape index (κ2) is 6.71. The minimum absolute atomic E-state index is 0.0164. The largest absolute Gasteiger partial charge is 0.325 e. The number of aromatic nitrogens is 1. The highest BCUT2D eigenvalue weighted by Gasteiger charge is 2.05. The Morgan fingerprint density at radius 3 is 2.81 bits per heavy atom. The molecule has 0 atom stereocenters. The fourth-order valence-electron chi connectivity index (χ4n) is 1.26. The predicted octanol–water partition coefficient (Wildman–Crippen LogP) is 3.39. The Morgan fingerprint density at radius 1 is 1.44 bits per heavy atom. The second-order valence-electron chi connectivity index (χ2n) is 3.46. The molecule has 0 fully saturated rings. The van der Waals surface area contributed by atoms with Crippen LogP contribution in [0.15, 0.2) is 12.1 Å². The molecule has 1 amide bonds. The summed E-state index contributed by atoms with van der Waals surface area (Å²) in [5.74, 6) is 0.576. The standard InChI is InChI=1S/C11H14Cl2N2O/c1-8-9(5-6-10(13)14-8)15-11(16)4-2-3-7-12/h5-6H,2-4,7H2,1H3,(H,15,16). The van der Waals surface area contributed by atoms with Gasteiger partial charge in [0.2, 0.25) is 5.91 Å². The SMILES string of the molecule is Cc1nc(Cl)ccc1NC(=O)CCCCCl. The van der Waals surface area contributed by atoms with Gasteiger partial charge in [-0.25, -0.2) is 4.98 Å². The molecule has 1 aromatic rings. The normalized spacial score (nSPS) is 10.2. The fraction of sp³-hybridized carbons (Fsp3) is 0.455. The first-order valence-corrected chi connectivity index (χ1v) is 6.03. The van der Waals surface area contributed by atoms with Crippen molar-refractivity contribution < 1.29 is 4.79 Å². The summed E-state index contributed by atoms with van der Waals surface area (Å²) in [5.41, 5.74) is 1.43. The van der Waals surface area contributed by atoms with Gasteiger partial charge < -0.3 is 5.32 Å². The molecule has 0 bridgehead atoms. The van der Waals surface area contributed by atoms with Crippen molar-refractivity contribution in [3.63, 3.8) is 0 Å². The number of aryl methyl sites for hydroxylation is 1. The number of rotatable bonds is 5. The van der Waals surface area contributed by atoms with Crippen molar-refractivity contribution in [3.05, 3.63) is 23.0 Å². The molecule has 0 aliphatic heterocycles. The van der Waals surface area contributed by atoms with E-state index in [1.807, 2.05) is 0 Å². The van der Waals surface area contributed by atoms with Crippen LogP contribution >= 0.6 is 23.2 Å². The van der Waals surface area contributed by atoms with Gasteiger partial charge >= 0.3 is 0 Å². The van der Waals surface area contributed by atoms with E-state index in [1.165, 1.54) is 0 Å². The molecule has 0 aromatic carbocycles. The Labute approximate surface area is 105 Å². The number of hydrogen-bond acceptors (Lipinski definition) is 2. The highest BCUT2D eigenvalue weighted by Crippen LogP contribution is 2.16. The first-order valence-electron chi connectivity index (χ1n) is 5.12. The summed E-state index contributed by atoms with van der Waals surface area (Å²) in [5, 5.41) is 3.22. The van der Waals surface area contributed by atoms with Crippen molar-refractivity contribution in [1.82, 2.24) is 4.98 Å². The second-order valence-corrected chi connectivity index (χ2v) is 4.23. The van der Waals surface area contributed by atoms with Gasteiger partial charge in [0, 0.05) is 12.3 Å². The lowest BCUT2D eigenvalue weighted by molar-refractivity contribution is -0.116. The quantitative estimate of drug-likeness (QED) is 0.501. The molecule has 1 rings (SSSR count). The molecule has 0 aliphatic rings. The van der Waals surface area contributed by atoms with E-state index in [0.717, 1.165) is 18.5 Å². The van der Waals surface area contributed by atoms with Crippen molar-refractivity contribution in [2.75, 3.05) is 11.2 Å². The number of alkyl halides is 1.